The molecule has 0 saturated heterocycles. The van der Waals surface area contributed by atoms with Gasteiger partial charge in [-0.25, -0.2) is 0 Å². The Labute approximate surface area is 152 Å². The third-order valence-corrected chi connectivity index (χ3v) is 4.03. The van der Waals surface area contributed by atoms with Crippen molar-refractivity contribution in [2.75, 3.05) is 18.4 Å². The van der Waals surface area contributed by atoms with Crippen LogP contribution >= 0.6 is 23.2 Å². The molecule has 2 rings (SSSR count). The van der Waals surface area contributed by atoms with Gasteiger partial charge in [-0.3, -0.25) is 9.78 Å². The lowest BCUT2D eigenvalue weighted by Crippen LogP contribution is -2.32. The second-order valence-corrected chi connectivity index (χ2v) is 6.35. The summed E-state index contributed by atoms with van der Waals surface area (Å²) in [6, 6.07) is 6.96. The molecule has 1 aromatic heterocycles. The lowest BCUT2D eigenvalue weighted by Gasteiger charge is -2.21. The van der Waals surface area contributed by atoms with E-state index in [1.807, 2.05) is 4.90 Å². The summed E-state index contributed by atoms with van der Waals surface area (Å²) in [5, 5.41) is 4.29. The van der Waals surface area contributed by atoms with E-state index >= 15 is 0 Å². The summed E-state index contributed by atoms with van der Waals surface area (Å²) in [4.78, 5) is 18.7. The zero-order valence-electron chi connectivity index (χ0n) is 13.9. The molecule has 0 aliphatic carbocycles. The second kappa shape index (κ2) is 8.90. The van der Waals surface area contributed by atoms with E-state index in [4.69, 9.17) is 23.2 Å². The fraction of sp³-hybridized carbons (Fsp3) is 0.333. The number of hydrogen-bond donors (Lipinski definition) is 1. The van der Waals surface area contributed by atoms with Gasteiger partial charge in [0, 0.05) is 24.3 Å². The normalized spacial score (nSPS) is 10.5. The average Bonchev–Trinajstić information content (AvgIpc) is 2.57. The molecule has 4 nitrogen and oxygen atoms in total. The molecular formula is C18H21Cl2N3O. The molecule has 0 spiro atoms. The van der Waals surface area contributed by atoms with Gasteiger partial charge < -0.3 is 10.2 Å². The van der Waals surface area contributed by atoms with Gasteiger partial charge in [-0.05, 0) is 37.1 Å². The molecule has 1 N–H and O–H groups in total. The lowest BCUT2D eigenvalue weighted by molar-refractivity contribution is 0.0755. The molecule has 0 unspecified atom stereocenters. The number of nitrogens with one attached hydrogen (secondary N) is 1. The Balaban J connectivity index is 2.21. The molecule has 128 valence electrons. The first kappa shape index (κ1) is 18.6. The molecule has 0 saturated carbocycles. The van der Waals surface area contributed by atoms with Gasteiger partial charge in [0.1, 0.15) is 0 Å². The Bertz CT molecular complexity index is 700. The maximum absolute atomic E-state index is 12.7. The molecule has 0 radical (unpaired) electrons. The van der Waals surface area contributed by atoms with Crippen molar-refractivity contribution in [2.24, 2.45) is 0 Å². The highest BCUT2D eigenvalue weighted by Crippen LogP contribution is 2.28. The van der Waals surface area contributed by atoms with E-state index in [0.29, 0.717) is 27.0 Å². The van der Waals surface area contributed by atoms with Crippen LogP contribution in [0.25, 0.3) is 0 Å². The predicted molar refractivity (Wildman–Crippen MR) is 100 cm³/mol. The molecule has 6 heteroatoms. The number of nitrogens with zero attached hydrogens (tertiary/aromatic N) is 2. The Morgan fingerprint density at radius 3 is 2.50 bits per heavy atom. The van der Waals surface area contributed by atoms with Crippen molar-refractivity contribution in [3.8, 4) is 0 Å². The van der Waals surface area contributed by atoms with Gasteiger partial charge in [0.15, 0.2) is 0 Å². The number of halogens is 2. The van der Waals surface area contributed by atoms with Gasteiger partial charge in [0.2, 0.25) is 0 Å². The molecule has 0 fully saturated rings. The summed E-state index contributed by atoms with van der Waals surface area (Å²) in [6.07, 6.45) is 5.09. The van der Waals surface area contributed by atoms with Crippen LogP contribution in [0.15, 0.2) is 36.7 Å². The van der Waals surface area contributed by atoms with E-state index in [9.17, 15) is 4.79 Å². The highest BCUT2D eigenvalue weighted by molar-refractivity contribution is 6.35. The number of benzene rings is 1. The number of carbonyl (C=O) groups is 1. The predicted octanol–water partition coefficient (Wildman–Crippen LogP) is 5.39. The van der Waals surface area contributed by atoms with E-state index in [1.54, 1.807) is 36.7 Å². The number of anilines is 2. The molecule has 1 amide bonds. The second-order valence-electron chi connectivity index (χ2n) is 5.50. The standard InChI is InChI=1S/C18H21Cl2N3O/c1-3-7-23(8-4-2)18(24)13-9-15(12-21-11-13)22-17-10-14(19)5-6-16(17)20/h5-6,9-12,22H,3-4,7-8H2,1-2H3. The van der Waals surface area contributed by atoms with E-state index < -0.39 is 0 Å². The van der Waals surface area contributed by atoms with Crippen LogP contribution in [0.2, 0.25) is 10.0 Å². The van der Waals surface area contributed by atoms with Gasteiger partial charge in [-0.15, -0.1) is 0 Å². The first-order chi connectivity index (χ1) is 11.5. The largest absolute Gasteiger partial charge is 0.353 e. The topological polar surface area (TPSA) is 45.2 Å². The molecule has 0 bridgehead atoms. The fourth-order valence-corrected chi connectivity index (χ4v) is 2.75. The number of rotatable bonds is 7. The van der Waals surface area contributed by atoms with E-state index in [0.717, 1.165) is 25.9 Å². The summed E-state index contributed by atoms with van der Waals surface area (Å²) < 4.78 is 0. The first-order valence-electron chi connectivity index (χ1n) is 8.01. The maximum atomic E-state index is 12.7. The molecular weight excluding hydrogens is 345 g/mol. The molecule has 2 aromatic rings. The number of carbonyl (C=O) groups excluding carboxylic acids is 1. The van der Waals surface area contributed by atoms with Crippen molar-refractivity contribution in [2.45, 2.75) is 26.7 Å². The highest BCUT2D eigenvalue weighted by Gasteiger charge is 2.15. The zero-order valence-corrected chi connectivity index (χ0v) is 15.4. The third kappa shape index (κ3) is 4.86. The van der Waals surface area contributed by atoms with E-state index in [2.05, 4.69) is 24.1 Å². The molecule has 24 heavy (non-hydrogen) atoms. The number of aromatic nitrogens is 1. The molecule has 0 aliphatic heterocycles. The van der Waals surface area contributed by atoms with E-state index in [1.165, 1.54) is 0 Å². The number of amides is 1. The summed E-state index contributed by atoms with van der Waals surface area (Å²) in [5.74, 6) is -0.00737. The maximum Gasteiger partial charge on any atom is 0.255 e. The SMILES string of the molecule is CCCN(CCC)C(=O)c1cncc(Nc2cc(Cl)ccc2Cl)c1. The van der Waals surface area contributed by atoms with Crippen molar-refractivity contribution < 1.29 is 4.79 Å². The summed E-state index contributed by atoms with van der Waals surface area (Å²) in [7, 11) is 0. The quantitative estimate of drug-likeness (QED) is 0.714. The van der Waals surface area contributed by atoms with Crippen LogP contribution in [0.4, 0.5) is 11.4 Å². The number of pyridine rings is 1. The Hall–Kier alpha value is -1.78. The number of hydrogen-bond acceptors (Lipinski definition) is 3. The Kier molecular flexibility index (Phi) is 6.88. The van der Waals surface area contributed by atoms with Crippen molar-refractivity contribution in [3.05, 3.63) is 52.3 Å². The monoisotopic (exact) mass is 365 g/mol. The van der Waals surface area contributed by atoms with Gasteiger partial charge in [0.25, 0.3) is 5.91 Å². The van der Waals surface area contributed by atoms with Crippen LogP contribution in [-0.4, -0.2) is 28.9 Å². The van der Waals surface area contributed by atoms with Crippen molar-refractivity contribution in [1.82, 2.24) is 9.88 Å². The minimum Gasteiger partial charge on any atom is -0.353 e. The van der Waals surface area contributed by atoms with Crippen molar-refractivity contribution >= 4 is 40.5 Å². The van der Waals surface area contributed by atoms with E-state index in [-0.39, 0.29) is 5.91 Å². The first-order valence-corrected chi connectivity index (χ1v) is 8.77. The Morgan fingerprint density at radius 2 is 1.83 bits per heavy atom. The summed E-state index contributed by atoms with van der Waals surface area (Å²) in [6.45, 7) is 5.61. The zero-order chi connectivity index (χ0) is 17.5. The van der Waals surface area contributed by atoms with Crippen LogP contribution in [0, 0.1) is 0 Å². The van der Waals surface area contributed by atoms with Crippen molar-refractivity contribution in [3.63, 3.8) is 0 Å². The fourth-order valence-electron chi connectivity index (χ4n) is 2.41. The average molecular weight is 366 g/mol. The van der Waals surface area contributed by atoms with Crippen LogP contribution in [0.3, 0.4) is 0 Å². The van der Waals surface area contributed by atoms with Gasteiger partial charge in [0.05, 0.1) is 28.2 Å². The lowest BCUT2D eigenvalue weighted by atomic mass is 10.2. The molecule has 0 aliphatic rings. The molecule has 1 aromatic carbocycles. The minimum absolute atomic E-state index is 0.00737. The minimum atomic E-state index is -0.00737. The van der Waals surface area contributed by atoms with Crippen molar-refractivity contribution in [1.29, 1.82) is 0 Å². The highest BCUT2D eigenvalue weighted by atomic mass is 35.5. The van der Waals surface area contributed by atoms with Gasteiger partial charge in [-0.1, -0.05) is 37.0 Å². The molecule has 1 heterocycles. The van der Waals surface area contributed by atoms with Crippen LogP contribution in [0.1, 0.15) is 37.0 Å². The van der Waals surface area contributed by atoms with Gasteiger partial charge in [-0.2, -0.15) is 0 Å². The van der Waals surface area contributed by atoms with Gasteiger partial charge >= 0.3 is 0 Å². The van der Waals surface area contributed by atoms with Crippen LogP contribution < -0.4 is 5.32 Å². The third-order valence-electron chi connectivity index (χ3n) is 3.47. The Morgan fingerprint density at radius 1 is 1.12 bits per heavy atom. The summed E-state index contributed by atoms with van der Waals surface area (Å²) >= 11 is 12.2. The van der Waals surface area contributed by atoms with Crippen LogP contribution in [-0.2, 0) is 0 Å². The smallest absolute Gasteiger partial charge is 0.255 e. The molecule has 0 atom stereocenters. The summed E-state index contributed by atoms with van der Waals surface area (Å²) in [5.41, 5.74) is 1.92. The van der Waals surface area contributed by atoms with Crippen LogP contribution in [0.5, 0.6) is 0 Å².